The zero-order valence-electron chi connectivity index (χ0n) is 10.7. The van der Waals surface area contributed by atoms with E-state index in [-0.39, 0.29) is 0 Å². The van der Waals surface area contributed by atoms with Gasteiger partial charge in [0.2, 0.25) is 0 Å². The molecule has 21 heavy (non-hydrogen) atoms. The van der Waals surface area contributed by atoms with Crippen LogP contribution in [0, 0.1) is 3.57 Å². The molecule has 0 spiro atoms. The van der Waals surface area contributed by atoms with Gasteiger partial charge in [-0.15, -0.1) is 5.10 Å². The highest BCUT2D eigenvalue weighted by Crippen LogP contribution is 2.32. The van der Waals surface area contributed by atoms with Crippen molar-refractivity contribution in [2.24, 2.45) is 0 Å². The fourth-order valence-electron chi connectivity index (χ4n) is 1.97. The largest absolute Gasteiger partial charge is 0.221 e. The molecular formula is C14H9Cl2IN4. The highest BCUT2D eigenvalue weighted by atomic mass is 127. The van der Waals surface area contributed by atoms with E-state index in [0.717, 1.165) is 14.7 Å². The minimum absolute atomic E-state index is 0.456. The average molecular weight is 431 g/mol. The monoisotopic (exact) mass is 430 g/mol. The van der Waals surface area contributed by atoms with Crippen molar-refractivity contribution in [3.05, 3.63) is 61.6 Å². The Labute approximate surface area is 145 Å². The number of hydrogen-bond acceptors (Lipinski definition) is 3. The van der Waals surface area contributed by atoms with Crippen LogP contribution in [0.1, 0.15) is 5.56 Å². The topological polar surface area (TPSA) is 43.6 Å². The SMILES string of the molecule is Clc1cccc(-c2nnnn2Cc2ccccc2I)c1Cl. The molecule has 1 aromatic heterocycles. The van der Waals surface area contributed by atoms with Gasteiger partial charge in [0.1, 0.15) is 0 Å². The van der Waals surface area contributed by atoms with Gasteiger partial charge >= 0.3 is 0 Å². The Hall–Kier alpha value is -1.18. The number of nitrogens with zero attached hydrogens (tertiary/aromatic N) is 4. The van der Waals surface area contributed by atoms with E-state index in [4.69, 9.17) is 23.2 Å². The van der Waals surface area contributed by atoms with Crippen LogP contribution < -0.4 is 0 Å². The molecule has 3 aromatic rings. The van der Waals surface area contributed by atoms with Gasteiger partial charge in [-0.3, -0.25) is 0 Å². The fourth-order valence-corrected chi connectivity index (χ4v) is 2.91. The van der Waals surface area contributed by atoms with Gasteiger partial charge < -0.3 is 0 Å². The Morgan fingerprint density at radius 2 is 1.86 bits per heavy atom. The molecule has 3 rings (SSSR count). The lowest BCUT2D eigenvalue weighted by atomic mass is 10.2. The molecule has 1 heterocycles. The Morgan fingerprint density at radius 3 is 2.67 bits per heavy atom. The molecule has 0 radical (unpaired) electrons. The summed E-state index contributed by atoms with van der Waals surface area (Å²) in [7, 11) is 0. The molecule has 106 valence electrons. The third kappa shape index (κ3) is 3.04. The third-order valence-electron chi connectivity index (χ3n) is 3.00. The van der Waals surface area contributed by atoms with Gasteiger partial charge in [-0.2, -0.15) is 0 Å². The molecule has 0 saturated carbocycles. The second-order valence-electron chi connectivity index (χ2n) is 4.35. The molecule has 0 aliphatic heterocycles. The van der Waals surface area contributed by atoms with Gasteiger partial charge in [0.25, 0.3) is 0 Å². The van der Waals surface area contributed by atoms with E-state index in [0.29, 0.717) is 22.4 Å². The van der Waals surface area contributed by atoms with Crippen LogP contribution in [0.5, 0.6) is 0 Å². The van der Waals surface area contributed by atoms with E-state index in [1.165, 1.54) is 0 Å². The maximum absolute atomic E-state index is 6.25. The number of aromatic nitrogens is 4. The van der Waals surface area contributed by atoms with Gasteiger partial charge in [0, 0.05) is 9.13 Å². The summed E-state index contributed by atoms with van der Waals surface area (Å²) < 4.78 is 2.88. The van der Waals surface area contributed by atoms with E-state index >= 15 is 0 Å². The van der Waals surface area contributed by atoms with E-state index in [9.17, 15) is 0 Å². The van der Waals surface area contributed by atoms with Crippen molar-refractivity contribution < 1.29 is 0 Å². The molecule has 2 aromatic carbocycles. The molecule has 0 aliphatic rings. The van der Waals surface area contributed by atoms with Crippen molar-refractivity contribution in [2.75, 3.05) is 0 Å². The summed E-state index contributed by atoms with van der Waals surface area (Å²) in [6.07, 6.45) is 0. The molecule has 0 aliphatic carbocycles. The minimum atomic E-state index is 0.456. The molecule has 0 saturated heterocycles. The summed E-state index contributed by atoms with van der Waals surface area (Å²) in [6, 6.07) is 13.5. The molecule has 0 bridgehead atoms. The zero-order valence-corrected chi connectivity index (χ0v) is 14.3. The van der Waals surface area contributed by atoms with Crippen molar-refractivity contribution >= 4 is 45.8 Å². The quantitative estimate of drug-likeness (QED) is 0.582. The Morgan fingerprint density at radius 1 is 1.05 bits per heavy atom. The van der Waals surface area contributed by atoms with Gasteiger partial charge in [-0.25, -0.2) is 4.68 Å². The molecular weight excluding hydrogens is 422 g/mol. The Bertz CT molecular complexity index is 788. The minimum Gasteiger partial charge on any atom is -0.221 e. The highest BCUT2D eigenvalue weighted by Gasteiger charge is 2.15. The summed E-state index contributed by atoms with van der Waals surface area (Å²) in [5, 5.41) is 12.8. The van der Waals surface area contributed by atoms with Gasteiger partial charge in [0.05, 0.1) is 16.6 Å². The number of benzene rings is 2. The first kappa shape index (κ1) is 14.7. The van der Waals surface area contributed by atoms with Crippen LogP contribution in [0.4, 0.5) is 0 Å². The summed E-state index contributed by atoms with van der Waals surface area (Å²) >= 11 is 14.6. The lowest BCUT2D eigenvalue weighted by Crippen LogP contribution is -2.06. The standard InChI is InChI=1S/C14H9Cl2IN4/c15-11-6-3-5-10(13(11)16)14-18-19-20-21(14)8-9-4-1-2-7-12(9)17/h1-7H,8H2. The maximum atomic E-state index is 6.25. The van der Waals surface area contributed by atoms with Gasteiger partial charge in [0.15, 0.2) is 5.82 Å². The van der Waals surface area contributed by atoms with Crippen molar-refractivity contribution in [3.63, 3.8) is 0 Å². The van der Waals surface area contributed by atoms with Crippen molar-refractivity contribution in [1.82, 2.24) is 20.2 Å². The lowest BCUT2D eigenvalue weighted by molar-refractivity contribution is 0.651. The Balaban J connectivity index is 2.02. The van der Waals surface area contributed by atoms with Crippen LogP contribution >= 0.6 is 45.8 Å². The van der Waals surface area contributed by atoms with Crippen molar-refractivity contribution in [2.45, 2.75) is 6.54 Å². The second-order valence-corrected chi connectivity index (χ2v) is 6.30. The first-order valence-electron chi connectivity index (χ1n) is 6.11. The summed E-state index contributed by atoms with van der Waals surface area (Å²) in [5.41, 5.74) is 1.87. The first-order valence-corrected chi connectivity index (χ1v) is 7.94. The van der Waals surface area contributed by atoms with Gasteiger partial charge in [-0.1, -0.05) is 47.5 Å². The van der Waals surface area contributed by atoms with Crippen LogP contribution in [0.3, 0.4) is 0 Å². The predicted molar refractivity (Wildman–Crippen MR) is 91.5 cm³/mol. The van der Waals surface area contributed by atoms with Crippen LogP contribution in [-0.2, 0) is 6.54 Å². The van der Waals surface area contributed by atoms with E-state index in [1.54, 1.807) is 10.7 Å². The lowest BCUT2D eigenvalue weighted by Gasteiger charge is -2.08. The summed E-state index contributed by atoms with van der Waals surface area (Å²) in [6.45, 7) is 0.574. The van der Waals surface area contributed by atoms with Crippen LogP contribution in [0.15, 0.2) is 42.5 Å². The molecule has 0 N–H and O–H groups in total. The third-order valence-corrected chi connectivity index (χ3v) is 4.87. The average Bonchev–Trinajstić information content (AvgIpc) is 2.92. The molecule has 7 heteroatoms. The maximum Gasteiger partial charge on any atom is 0.183 e. The second kappa shape index (κ2) is 6.29. The molecule has 0 atom stereocenters. The number of hydrogen-bond donors (Lipinski definition) is 0. The zero-order chi connectivity index (χ0) is 14.8. The molecule has 0 fully saturated rings. The number of rotatable bonds is 3. The van der Waals surface area contributed by atoms with E-state index in [2.05, 4.69) is 38.1 Å². The van der Waals surface area contributed by atoms with Crippen LogP contribution in [-0.4, -0.2) is 20.2 Å². The molecule has 0 unspecified atom stereocenters. The highest BCUT2D eigenvalue weighted by molar-refractivity contribution is 14.1. The Kier molecular flexibility index (Phi) is 4.42. The smallest absolute Gasteiger partial charge is 0.183 e. The molecule has 0 amide bonds. The predicted octanol–water partition coefficient (Wildman–Crippen LogP) is 4.30. The number of halogens is 3. The fraction of sp³-hybridized carbons (Fsp3) is 0.0714. The number of tetrazole rings is 1. The van der Waals surface area contributed by atoms with Crippen LogP contribution in [0.2, 0.25) is 10.0 Å². The molecule has 4 nitrogen and oxygen atoms in total. The first-order chi connectivity index (χ1) is 10.2. The summed E-state index contributed by atoms with van der Waals surface area (Å²) in [4.78, 5) is 0. The summed E-state index contributed by atoms with van der Waals surface area (Å²) in [5.74, 6) is 0.599. The van der Waals surface area contributed by atoms with E-state index < -0.39 is 0 Å². The normalized spacial score (nSPS) is 10.8. The van der Waals surface area contributed by atoms with Crippen molar-refractivity contribution in [3.8, 4) is 11.4 Å². The van der Waals surface area contributed by atoms with Crippen molar-refractivity contribution in [1.29, 1.82) is 0 Å². The van der Waals surface area contributed by atoms with Gasteiger partial charge in [-0.05, 0) is 56.8 Å². The van der Waals surface area contributed by atoms with E-state index in [1.807, 2.05) is 36.4 Å². The van der Waals surface area contributed by atoms with Crippen LogP contribution in [0.25, 0.3) is 11.4 Å².